The molecule has 1 atom stereocenters. The molecule has 1 unspecified atom stereocenters. The zero-order valence-corrected chi connectivity index (χ0v) is 13.6. The first-order chi connectivity index (χ1) is 8.63. The fourth-order valence-electron chi connectivity index (χ4n) is 2.43. The van der Waals surface area contributed by atoms with Gasteiger partial charge in [0.05, 0.1) is 0 Å². The molecule has 0 aromatic heterocycles. The van der Waals surface area contributed by atoms with Crippen LogP contribution in [0.15, 0.2) is 28.7 Å². The summed E-state index contributed by atoms with van der Waals surface area (Å²) in [6.07, 6.45) is 7.53. The normalized spacial score (nSPS) is 19.3. The summed E-state index contributed by atoms with van der Waals surface area (Å²) < 4.78 is 1.69. The molecule has 3 heteroatoms. The van der Waals surface area contributed by atoms with Gasteiger partial charge in [0.2, 0.25) is 0 Å². The molecule has 1 N–H and O–H groups in total. The van der Waals surface area contributed by atoms with Crippen LogP contribution in [0, 0.1) is 0 Å². The number of benzene rings is 1. The van der Waals surface area contributed by atoms with Gasteiger partial charge >= 0.3 is 0 Å². The van der Waals surface area contributed by atoms with E-state index in [1.165, 1.54) is 24.8 Å². The van der Waals surface area contributed by atoms with E-state index in [1.54, 1.807) is 0 Å². The summed E-state index contributed by atoms with van der Waals surface area (Å²) in [7, 11) is 0. The number of halogens is 1. The van der Waals surface area contributed by atoms with Crippen LogP contribution in [0.5, 0.6) is 0 Å². The first-order valence-electron chi connectivity index (χ1n) is 6.66. The van der Waals surface area contributed by atoms with Gasteiger partial charge in [-0.1, -0.05) is 34.5 Å². The van der Waals surface area contributed by atoms with Crippen LogP contribution in [-0.4, -0.2) is 23.6 Å². The fourth-order valence-corrected chi connectivity index (χ4v) is 3.62. The molecule has 0 spiro atoms. The Bertz CT molecular complexity index is 367. The minimum atomic E-state index is 0.536. The molecule has 0 bridgehead atoms. The zero-order valence-electron chi connectivity index (χ0n) is 11.2. The van der Waals surface area contributed by atoms with E-state index in [9.17, 15) is 0 Å². The second-order valence-electron chi connectivity index (χ2n) is 5.35. The average molecular weight is 328 g/mol. The number of nitrogens with one attached hydrogen (secondary N) is 1. The fraction of sp³-hybridized carbons (Fsp3) is 0.600. The van der Waals surface area contributed by atoms with E-state index in [-0.39, 0.29) is 0 Å². The van der Waals surface area contributed by atoms with Gasteiger partial charge in [0.25, 0.3) is 0 Å². The van der Waals surface area contributed by atoms with Gasteiger partial charge in [0.1, 0.15) is 0 Å². The molecule has 1 nitrogen and oxygen atoms in total. The van der Waals surface area contributed by atoms with Crippen molar-refractivity contribution < 1.29 is 0 Å². The lowest BCUT2D eigenvalue weighted by molar-refractivity contribution is 0.332. The third-order valence-electron chi connectivity index (χ3n) is 3.93. The summed E-state index contributed by atoms with van der Waals surface area (Å²) in [5, 5.41) is 3.71. The van der Waals surface area contributed by atoms with Crippen LogP contribution in [0.4, 0.5) is 0 Å². The predicted octanol–water partition coefficient (Wildman–Crippen LogP) is 4.26. The Morgan fingerprint density at radius 2 is 2.00 bits per heavy atom. The summed E-state index contributed by atoms with van der Waals surface area (Å²) >= 11 is 5.52. The highest BCUT2D eigenvalue weighted by molar-refractivity contribution is 9.10. The standard InChI is InChI=1S/C15H22BrNS/c1-12(10-13-4-6-14(16)7-5-13)17-11-15(18-2)8-3-9-15/h4-7,12,17H,3,8-11H2,1-2H3. The first kappa shape index (κ1) is 14.4. The number of rotatable bonds is 6. The van der Waals surface area contributed by atoms with Crippen molar-refractivity contribution in [3.8, 4) is 0 Å². The van der Waals surface area contributed by atoms with Crippen LogP contribution in [0.2, 0.25) is 0 Å². The van der Waals surface area contributed by atoms with Crippen LogP contribution < -0.4 is 5.32 Å². The van der Waals surface area contributed by atoms with Crippen LogP contribution in [0.3, 0.4) is 0 Å². The molecule has 1 aliphatic rings. The van der Waals surface area contributed by atoms with Crippen LogP contribution in [0.25, 0.3) is 0 Å². The van der Waals surface area contributed by atoms with Gasteiger partial charge in [0.15, 0.2) is 0 Å². The average Bonchev–Trinajstić information content (AvgIpc) is 2.31. The third-order valence-corrected chi connectivity index (χ3v) is 5.87. The molecule has 1 aromatic rings. The summed E-state index contributed by atoms with van der Waals surface area (Å²) in [5.41, 5.74) is 1.41. The molecule has 1 saturated carbocycles. The minimum absolute atomic E-state index is 0.536. The highest BCUT2D eigenvalue weighted by Crippen LogP contribution is 2.42. The molecule has 1 aliphatic carbocycles. The van der Waals surface area contributed by atoms with Crippen molar-refractivity contribution in [2.24, 2.45) is 0 Å². The van der Waals surface area contributed by atoms with E-state index in [4.69, 9.17) is 0 Å². The summed E-state index contributed by atoms with van der Waals surface area (Å²) in [6.45, 7) is 3.45. The molecular weight excluding hydrogens is 306 g/mol. The van der Waals surface area contributed by atoms with Crippen molar-refractivity contribution in [1.29, 1.82) is 0 Å². The number of hydrogen-bond donors (Lipinski definition) is 1. The molecule has 1 fully saturated rings. The molecule has 0 heterocycles. The SMILES string of the molecule is CSC1(CNC(C)Cc2ccc(Br)cc2)CCC1. The maximum Gasteiger partial charge on any atom is 0.0281 e. The molecule has 0 amide bonds. The van der Waals surface area contributed by atoms with Crippen molar-refractivity contribution in [2.75, 3.05) is 12.8 Å². The minimum Gasteiger partial charge on any atom is -0.313 e. The topological polar surface area (TPSA) is 12.0 Å². The lowest BCUT2D eigenvalue weighted by Gasteiger charge is -2.41. The molecule has 0 aliphatic heterocycles. The van der Waals surface area contributed by atoms with E-state index in [2.05, 4.69) is 58.7 Å². The molecule has 0 radical (unpaired) electrons. The van der Waals surface area contributed by atoms with E-state index in [0.29, 0.717) is 10.8 Å². The van der Waals surface area contributed by atoms with Crippen molar-refractivity contribution in [3.05, 3.63) is 34.3 Å². The molecule has 2 rings (SSSR count). The summed E-state index contributed by atoms with van der Waals surface area (Å²) in [6, 6.07) is 9.21. The zero-order chi connectivity index (χ0) is 13.0. The summed E-state index contributed by atoms with van der Waals surface area (Å²) in [4.78, 5) is 0. The Morgan fingerprint density at radius 1 is 1.33 bits per heavy atom. The Morgan fingerprint density at radius 3 is 2.50 bits per heavy atom. The highest BCUT2D eigenvalue weighted by atomic mass is 79.9. The van der Waals surface area contributed by atoms with Crippen molar-refractivity contribution in [1.82, 2.24) is 5.32 Å². The Balaban J connectivity index is 1.78. The van der Waals surface area contributed by atoms with E-state index < -0.39 is 0 Å². The largest absolute Gasteiger partial charge is 0.313 e. The lowest BCUT2D eigenvalue weighted by atomic mass is 9.84. The van der Waals surface area contributed by atoms with Gasteiger partial charge < -0.3 is 5.32 Å². The quantitative estimate of drug-likeness (QED) is 0.838. The van der Waals surface area contributed by atoms with Crippen molar-refractivity contribution in [3.63, 3.8) is 0 Å². The van der Waals surface area contributed by atoms with Gasteiger partial charge in [-0.15, -0.1) is 0 Å². The van der Waals surface area contributed by atoms with Crippen LogP contribution >= 0.6 is 27.7 Å². The Hall–Kier alpha value is 0.01000. The smallest absolute Gasteiger partial charge is 0.0281 e. The van der Waals surface area contributed by atoms with E-state index in [1.807, 2.05) is 11.8 Å². The second-order valence-corrected chi connectivity index (χ2v) is 7.54. The Labute approximate surface area is 123 Å². The monoisotopic (exact) mass is 327 g/mol. The number of hydrogen-bond acceptors (Lipinski definition) is 2. The van der Waals surface area contributed by atoms with Gasteiger partial charge in [-0.05, 0) is 50.1 Å². The van der Waals surface area contributed by atoms with Gasteiger partial charge in [-0.2, -0.15) is 11.8 Å². The third kappa shape index (κ3) is 3.75. The van der Waals surface area contributed by atoms with Crippen LogP contribution in [0.1, 0.15) is 31.7 Å². The van der Waals surface area contributed by atoms with Crippen molar-refractivity contribution >= 4 is 27.7 Å². The maximum atomic E-state index is 3.71. The van der Waals surface area contributed by atoms with Crippen LogP contribution in [-0.2, 0) is 6.42 Å². The maximum absolute atomic E-state index is 3.71. The predicted molar refractivity (Wildman–Crippen MR) is 85.4 cm³/mol. The van der Waals surface area contributed by atoms with Gasteiger partial charge in [0, 0.05) is 21.8 Å². The molecule has 0 saturated heterocycles. The Kier molecular flexibility index (Phi) is 5.16. The first-order valence-corrected chi connectivity index (χ1v) is 8.68. The van der Waals surface area contributed by atoms with E-state index in [0.717, 1.165) is 17.4 Å². The van der Waals surface area contributed by atoms with Gasteiger partial charge in [-0.25, -0.2) is 0 Å². The summed E-state index contributed by atoms with van der Waals surface area (Å²) in [5.74, 6) is 0. The lowest BCUT2D eigenvalue weighted by Crippen LogP contribution is -2.46. The molecule has 18 heavy (non-hydrogen) atoms. The number of thioether (sulfide) groups is 1. The van der Waals surface area contributed by atoms with Crippen molar-refractivity contribution in [2.45, 2.75) is 43.4 Å². The second kappa shape index (κ2) is 6.44. The highest BCUT2D eigenvalue weighted by Gasteiger charge is 2.35. The molecule has 1 aromatic carbocycles. The molecule has 100 valence electrons. The van der Waals surface area contributed by atoms with Gasteiger partial charge in [-0.3, -0.25) is 0 Å². The molecular formula is C15H22BrNS. The van der Waals surface area contributed by atoms with E-state index >= 15 is 0 Å².